The molecule has 1 aromatic rings. The monoisotopic (exact) mass is 346 g/mol. The van der Waals surface area contributed by atoms with Gasteiger partial charge in [0.15, 0.2) is 5.79 Å². The Kier molecular flexibility index (Phi) is 5.47. The minimum Gasteiger partial charge on any atom is -0.378 e. The summed E-state index contributed by atoms with van der Waals surface area (Å²) in [5.41, 5.74) is 7.40. The second kappa shape index (κ2) is 7.77. The molecule has 2 aliphatic heterocycles. The van der Waals surface area contributed by atoms with E-state index in [0.29, 0.717) is 25.6 Å². The van der Waals surface area contributed by atoms with Gasteiger partial charge in [0, 0.05) is 44.1 Å². The van der Waals surface area contributed by atoms with E-state index >= 15 is 0 Å². The van der Waals surface area contributed by atoms with Gasteiger partial charge in [-0.2, -0.15) is 4.99 Å². The van der Waals surface area contributed by atoms with Crippen molar-refractivity contribution in [1.29, 1.82) is 0 Å². The normalized spacial score (nSPS) is 23.8. The fourth-order valence-electron chi connectivity index (χ4n) is 2.62. The smallest absolute Gasteiger partial charge is 0.229 e. The fraction of sp³-hybridized carbons (Fsp3) is 0.562. The third kappa shape index (κ3) is 4.88. The van der Waals surface area contributed by atoms with Crippen molar-refractivity contribution in [3.63, 3.8) is 0 Å². The van der Waals surface area contributed by atoms with Crippen LogP contribution in [-0.2, 0) is 4.74 Å². The van der Waals surface area contributed by atoms with Gasteiger partial charge in [-0.25, -0.2) is 4.99 Å². The van der Waals surface area contributed by atoms with Gasteiger partial charge in [0.25, 0.3) is 0 Å². The molecule has 0 radical (unpaired) electrons. The molecule has 1 aromatic heterocycles. The van der Waals surface area contributed by atoms with Crippen molar-refractivity contribution >= 4 is 17.6 Å². The number of nitrogens with two attached hydrogens (primary N) is 1. The van der Waals surface area contributed by atoms with E-state index in [0.717, 1.165) is 31.3 Å². The minimum atomic E-state index is -0.908. The van der Waals surface area contributed by atoms with Crippen LogP contribution in [0.5, 0.6) is 0 Å². The Morgan fingerprint density at radius 3 is 2.72 bits per heavy atom. The highest BCUT2D eigenvalue weighted by Crippen LogP contribution is 2.15. The number of aliphatic imine (C=N–C) groups is 2. The first-order valence-corrected chi connectivity index (χ1v) is 8.44. The number of ether oxygens (including phenoxy) is 1. The van der Waals surface area contributed by atoms with E-state index in [1.807, 2.05) is 26.2 Å². The van der Waals surface area contributed by atoms with Crippen LogP contribution < -0.4 is 16.4 Å². The number of anilines is 1. The van der Waals surface area contributed by atoms with Crippen LogP contribution in [-0.4, -0.2) is 79.4 Å². The molecule has 2 aliphatic rings. The van der Waals surface area contributed by atoms with Gasteiger partial charge in [-0.15, -0.1) is 0 Å². The Labute approximate surface area is 148 Å². The molecule has 3 rings (SSSR count). The topological polar surface area (TPSA) is 103 Å². The van der Waals surface area contributed by atoms with Crippen LogP contribution in [0.2, 0.25) is 0 Å². The highest BCUT2D eigenvalue weighted by atomic mass is 16.5. The Hall–Kier alpha value is -2.23. The predicted octanol–water partition coefficient (Wildman–Crippen LogP) is -0.295. The first kappa shape index (κ1) is 17.6. The van der Waals surface area contributed by atoms with Crippen LogP contribution >= 0.6 is 0 Å². The number of guanidine groups is 2. The SMILES string of the molecule is CN(C)CCC1(N)N=C(Nc2ccncc2)N=C(N2CCOCC2)N1. The maximum Gasteiger partial charge on any atom is 0.229 e. The molecule has 1 fully saturated rings. The van der Waals surface area contributed by atoms with E-state index in [9.17, 15) is 0 Å². The molecule has 136 valence electrons. The Balaban J connectivity index is 1.81. The van der Waals surface area contributed by atoms with Crippen molar-refractivity contribution in [3.05, 3.63) is 24.5 Å². The number of aromatic nitrogens is 1. The Morgan fingerprint density at radius 2 is 2.04 bits per heavy atom. The average molecular weight is 346 g/mol. The van der Waals surface area contributed by atoms with E-state index in [4.69, 9.17) is 10.5 Å². The van der Waals surface area contributed by atoms with Crippen LogP contribution in [0.4, 0.5) is 5.69 Å². The lowest BCUT2D eigenvalue weighted by Gasteiger charge is -2.38. The molecule has 0 amide bonds. The van der Waals surface area contributed by atoms with Crippen molar-refractivity contribution < 1.29 is 4.74 Å². The summed E-state index contributed by atoms with van der Waals surface area (Å²) in [6.45, 7) is 3.72. The molecule has 0 aliphatic carbocycles. The van der Waals surface area contributed by atoms with Gasteiger partial charge in [-0.1, -0.05) is 0 Å². The molecular weight excluding hydrogens is 320 g/mol. The quantitative estimate of drug-likeness (QED) is 0.688. The van der Waals surface area contributed by atoms with Gasteiger partial charge >= 0.3 is 0 Å². The van der Waals surface area contributed by atoms with Gasteiger partial charge in [0.05, 0.1) is 13.2 Å². The maximum atomic E-state index is 6.53. The lowest BCUT2D eigenvalue weighted by molar-refractivity contribution is 0.0652. The van der Waals surface area contributed by atoms with Crippen molar-refractivity contribution in [1.82, 2.24) is 20.1 Å². The lowest BCUT2D eigenvalue weighted by Crippen LogP contribution is -2.63. The van der Waals surface area contributed by atoms with E-state index in [1.165, 1.54) is 0 Å². The molecule has 1 saturated heterocycles. The van der Waals surface area contributed by atoms with Gasteiger partial charge < -0.3 is 25.2 Å². The van der Waals surface area contributed by atoms with Crippen LogP contribution in [0.1, 0.15) is 6.42 Å². The molecule has 0 spiro atoms. The van der Waals surface area contributed by atoms with E-state index in [-0.39, 0.29) is 0 Å². The summed E-state index contributed by atoms with van der Waals surface area (Å²) >= 11 is 0. The highest BCUT2D eigenvalue weighted by Gasteiger charge is 2.32. The van der Waals surface area contributed by atoms with Gasteiger partial charge in [0.1, 0.15) is 0 Å². The Morgan fingerprint density at radius 1 is 1.32 bits per heavy atom. The number of rotatable bonds is 4. The summed E-state index contributed by atoms with van der Waals surface area (Å²) in [7, 11) is 4.03. The maximum absolute atomic E-state index is 6.53. The molecule has 1 unspecified atom stereocenters. The van der Waals surface area contributed by atoms with Crippen LogP contribution in [0, 0.1) is 0 Å². The van der Waals surface area contributed by atoms with Crippen molar-refractivity contribution in [3.8, 4) is 0 Å². The van der Waals surface area contributed by atoms with Gasteiger partial charge in [0.2, 0.25) is 11.9 Å². The van der Waals surface area contributed by atoms with Crippen LogP contribution in [0.15, 0.2) is 34.5 Å². The third-order valence-corrected chi connectivity index (χ3v) is 4.03. The molecule has 0 bridgehead atoms. The first-order chi connectivity index (χ1) is 12.0. The number of nitrogens with zero attached hydrogens (tertiary/aromatic N) is 5. The van der Waals surface area contributed by atoms with Crippen LogP contribution in [0.25, 0.3) is 0 Å². The summed E-state index contributed by atoms with van der Waals surface area (Å²) in [6, 6.07) is 3.74. The third-order valence-electron chi connectivity index (χ3n) is 4.03. The van der Waals surface area contributed by atoms with Gasteiger partial charge in [-0.3, -0.25) is 10.7 Å². The average Bonchev–Trinajstić information content (AvgIpc) is 2.61. The van der Waals surface area contributed by atoms with E-state index in [1.54, 1.807) is 12.4 Å². The molecule has 25 heavy (non-hydrogen) atoms. The van der Waals surface area contributed by atoms with Crippen molar-refractivity contribution in [2.24, 2.45) is 15.7 Å². The molecule has 0 aromatic carbocycles. The molecular formula is C16H26N8O. The summed E-state index contributed by atoms with van der Waals surface area (Å²) in [4.78, 5) is 17.5. The van der Waals surface area contributed by atoms with Crippen molar-refractivity contribution in [2.45, 2.75) is 12.2 Å². The van der Waals surface area contributed by atoms with Gasteiger partial charge in [-0.05, 0) is 26.2 Å². The number of morpholine rings is 1. The first-order valence-electron chi connectivity index (χ1n) is 8.44. The Bertz CT molecular complexity index is 626. The number of nitrogens with one attached hydrogen (secondary N) is 2. The van der Waals surface area contributed by atoms with E-state index in [2.05, 4.69) is 35.4 Å². The second-order valence-electron chi connectivity index (χ2n) is 6.43. The standard InChI is InChI=1S/C16H26N8O/c1-23(2)8-5-16(17)21-14(19-13-3-6-18-7-4-13)20-15(22-16)24-9-11-25-12-10-24/h3-4,6-7H,5,8-12,17H2,1-2H3,(H2,18,19,20,21,22). The number of hydrogen-bond donors (Lipinski definition) is 3. The minimum absolute atomic E-state index is 0.493. The molecule has 0 saturated carbocycles. The number of pyridine rings is 1. The lowest BCUT2D eigenvalue weighted by atomic mass is 10.2. The zero-order valence-electron chi connectivity index (χ0n) is 14.8. The fourth-order valence-corrected chi connectivity index (χ4v) is 2.62. The predicted molar refractivity (Wildman–Crippen MR) is 98.3 cm³/mol. The molecule has 4 N–H and O–H groups in total. The summed E-state index contributed by atoms with van der Waals surface area (Å²) in [5, 5.41) is 6.53. The summed E-state index contributed by atoms with van der Waals surface area (Å²) < 4.78 is 5.43. The zero-order chi connectivity index (χ0) is 17.7. The molecule has 1 atom stereocenters. The molecule has 3 heterocycles. The highest BCUT2D eigenvalue weighted by molar-refractivity contribution is 6.04. The summed E-state index contributed by atoms with van der Waals surface area (Å²) in [5.74, 6) is 0.318. The largest absolute Gasteiger partial charge is 0.378 e. The van der Waals surface area contributed by atoms with Crippen molar-refractivity contribution in [2.75, 3.05) is 52.3 Å². The summed E-state index contributed by atoms with van der Waals surface area (Å²) in [6.07, 6.45) is 4.10. The number of hydrogen-bond acceptors (Lipinski definition) is 9. The van der Waals surface area contributed by atoms with E-state index < -0.39 is 5.79 Å². The zero-order valence-corrected chi connectivity index (χ0v) is 14.8. The molecule has 9 heteroatoms. The van der Waals surface area contributed by atoms with Crippen LogP contribution in [0.3, 0.4) is 0 Å². The second-order valence-corrected chi connectivity index (χ2v) is 6.43. The molecule has 9 nitrogen and oxygen atoms in total.